The van der Waals surface area contributed by atoms with E-state index in [1.54, 1.807) is 13.8 Å². The van der Waals surface area contributed by atoms with Gasteiger partial charge in [0.2, 0.25) is 0 Å². The summed E-state index contributed by atoms with van der Waals surface area (Å²) < 4.78 is 37.5. The van der Waals surface area contributed by atoms with Gasteiger partial charge in [0.05, 0.1) is 41.7 Å². The molecule has 22 atom stereocenters. The fourth-order valence-corrected chi connectivity index (χ4v) is 14.3. The second kappa shape index (κ2) is 15.6. The number of carbonyl (C=O) groups is 1. The zero-order valence-electron chi connectivity index (χ0n) is 36.7. The van der Waals surface area contributed by atoms with Crippen LogP contribution < -0.4 is 0 Å². The van der Waals surface area contributed by atoms with Crippen LogP contribution in [-0.4, -0.2) is 150 Å². The van der Waals surface area contributed by atoms with Crippen molar-refractivity contribution in [3.8, 4) is 0 Å². The van der Waals surface area contributed by atoms with E-state index in [1.165, 1.54) is 13.8 Å². The van der Waals surface area contributed by atoms with Crippen LogP contribution in [0.4, 0.5) is 0 Å². The van der Waals surface area contributed by atoms with Crippen molar-refractivity contribution in [2.75, 3.05) is 6.61 Å². The van der Waals surface area contributed by atoms with Gasteiger partial charge in [0.1, 0.15) is 49.3 Å². The zero-order chi connectivity index (χ0) is 43.6. The lowest BCUT2D eigenvalue weighted by atomic mass is 9.34. The molecule has 4 aliphatic carbocycles. The predicted molar refractivity (Wildman–Crippen MR) is 210 cm³/mol. The van der Waals surface area contributed by atoms with E-state index in [9.17, 15) is 45.6 Å². The molecule has 4 saturated carbocycles. The van der Waals surface area contributed by atoms with Crippen LogP contribution in [0, 0.1) is 45.3 Å². The molecule has 0 aromatic heterocycles. The summed E-state index contributed by atoms with van der Waals surface area (Å²) in [5.41, 5.74) is -3.49. The molecule has 7 rings (SSSR count). The van der Waals surface area contributed by atoms with E-state index in [2.05, 4.69) is 27.7 Å². The topological polar surface area (TPSA) is 234 Å². The summed E-state index contributed by atoms with van der Waals surface area (Å²) >= 11 is 0. The number of carbonyl (C=O) groups excluding carboxylic acids is 1. The van der Waals surface area contributed by atoms with Crippen molar-refractivity contribution in [2.24, 2.45) is 45.3 Å². The van der Waals surface area contributed by atoms with Crippen molar-refractivity contribution >= 4 is 5.97 Å². The maximum atomic E-state index is 12.4. The van der Waals surface area contributed by atoms with E-state index in [4.69, 9.17) is 28.4 Å². The van der Waals surface area contributed by atoms with Gasteiger partial charge in [-0.2, -0.15) is 0 Å². The molecule has 0 aromatic rings. The number of hydrogen-bond acceptors (Lipinski definition) is 15. The van der Waals surface area contributed by atoms with E-state index in [1.807, 2.05) is 13.8 Å². The van der Waals surface area contributed by atoms with Gasteiger partial charge in [0, 0.05) is 6.92 Å². The Morgan fingerprint density at radius 3 is 2.08 bits per heavy atom. The second-order valence-electron chi connectivity index (χ2n) is 21.8. The molecule has 3 saturated heterocycles. The van der Waals surface area contributed by atoms with Crippen LogP contribution in [0.25, 0.3) is 0 Å². The Kier molecular flexibility index (Phi) is 12.1. The molecule has 0 spiro atoms. The normalized spacial score (nSPS) is 54.9. The molecule has 0 bridgehead atoms. The van der Waals surface area contributed by atoms with Gasteiger partial charge in [0.25, 0.3) is 0 Å². The van der Waals surface area contributed by atoms with Crippen molar-refractivity contribution < 1.29 is 74.1 Å². The summed E-state index contributed by atoms with van der Waals surface area (Å²) in [7, 11) is 0. The molecular formula is C44H74O15. The number of ether oxygens (including phenoxy) is 6. The van der Waals surface area contributed by atoms with Crippen LogP contribution in [0.1, 0.15) is 121 Å². The van der Waals surface area contributed by atoms with Gasteiger partial charge in [-0.05, 0) is 124 Å². The number of hydrogen-bond donors (Lipinski definition) is 8. The van der Waals surface area contributed by atoms with Gasteiger partial charge in [-0.15, -0.1) is 0 Å². The molecular weight excluding hydrogens is 768 g/mol. The summed E-state index contributed by atoms with van der Waals surface area (Å²) in [5, 5.41) is 90.1. The number of aliphatic hydroxyl groups is 8. The van der Waals surface area contributed by atoms with Crippen LogP contribution >= 0.6 is 0 Å². The van der Waals surface area contributed by atoms with Crippen LogP contribution in [0.5, 0.6) is 0 Å². The summed E-state index contributed by atoms with van der Waals surface area (Å²) in [4.78, 5) is 11.9. The van der Waals surface area contributed by atoms with Crippen molar-refractivity contribution in [1.29, 1.82) is 0 Å². The van der Waals surface area contributed by atoms with Gasteiger partial charge in [0.15, 0.2) is 12.6 Å². The highest BCUT2D eigenvalue weighted by molar-refractivity contribution is 5.65. The van der Waals surface area contributed by atoms with Gasteiger partial charge < -0.3 is 69.3 Å². The van der Waals surface area contributed by atoms with Gasteiger partial charge in [-0.25, -0.2) is 0 Å². The van der Waals surface area contributed by atoms with E-state index in [0.717, 1.165) is 25.7 Å². The van der Waals surface area contributed by atoms with Gasteiger partial charge >= 0.3 is 5.97 Å². The van der Waals surface area contributed by atoms with E-state index >= 15 is 0 Å². The molecule has 340 valence electrons. The zero-order valence-corrected chi connectivity index (χ0v) is 36.7. The minimum atomic E-state index is -1.72. The monoisotopic (exact) mass is 843 g/mol. The average Bonchev–Trinajstić information content (AvgIpc) is 3.74. The molecule has 3 aliphatic heterocycles. The number of fused-ring (bicyclic) bond motifs is 5. The van der Waals surface area contributed by atoms with Crippen LogP contribution in [-0.2, 0) is 33.2 Å². The fraction of sp³-hybridized carbons (Fsp3) is 0.977. The predicted octanol–water partition coefficient (Wildman–Crippen LogP) is 1.93. The number of aliphatic hydroxyl groups excluding tert-OH is 7. The Bertz CT molecular complexity index is 1540. The molecule has 7 fully saturated rings. The van der Waals surface area contributed by atoms with E-state index in [-0.39, 0.29) is 35.2 Å². The minimum absolute atomic E-state index is 0.0340. The third-order valence-corrected chi connectivity index (χ3v) is 17.6. The summed E-state index contributed by atoms with van der Waals surface area (Å²) in [6.45, 7) is 19.0. The van der Waals surface area contributed by atoms with Crippen molar-refractivity contribution in [3.63, 3.8) is 0 Å². The average molecular weight is 843 g/mol. The Morgan fingerprint density at radius 2 is 1.46 bits per heavy atom. The molecule has 3 heterocycles. The molecule has 0 radical (unpaired) electrons. The van der Waals surface area contributed by atoms with Crippen molar-refractivity contribution in [1.82, 2.24) is 0 Å². The van der Waals surface area contributed by atoms with Gasteiger partial charge in [-0.1, -0.05) is 34.6 Å². The Hall–Kier alpha value is -1.05. The highest BCUT2D eigenvalue weighted by Gasteiger charge is 2.74. The Morgan fingerprint density at radius 1 is 0.780 bits per heavy atom. The standard InChI is InChI=1S/C44H74O15/c1-20-30(48)32(50)34(52)37(55-20)58-35-33(51)31(49)25(19-54-21(2)45)57-38(35)56-24-18-43(9)26(41(7)14-12-27(47)39(3,4)36(24)41)17-23(46)29-22(11-15-42(29,43)8)44(10)16-13-28(59-44)40(5,6)53/h20,22-38,46-53H,11-19H2,1-10H3/t20-,22-,23+,24-,25+,26+,27-,28-,29-,30-,31+,32+,33-,34+,35+,36-,37-,38+,41+,42+,43+,44?/m0/s1. The first-order chi connectivity index (χ1) is 27.2. The maximum Gasteiger partial charge on any atom is 0.302 e. The lowest BCUT2D eigenvalue weighted by Gasteiger charge is -2.72. The van der Waals surface area contributed by atoms with Crippen LogP contribution in [0.2, 0.25) is 0 Å². The summed E-state index contributed by atoms with van der Waals surface area (Å²) in [5.74, 6) is -0.947. The molecule has 1 unspecified atom stereocenters. The molecule has 15 nitrogen and oxygen atoms in total. The molecule has 0 aromatic carbocycles. The maximum absolute atomic E-state index is 12.4. The summed E-state index contributed by atoms with van der Waals surface area (Å²) in [6.07, 6.45) is -11.5. The quantitative estimate of drug-likeness (QED) is 0.129. The number of rotatable bonds is 8. The first kappa shape index (κ1) is 46.0. The molecule has 15 heteroatoms. The largest absolute Gasteiger partial charge is 0.463 e. The highest BCUT2D eigenvalue weighted by atomic mass is 16.8. The first-order valence-corrected chi connectivity index (χ1v) is 22.1. The van der Waals surface area contributed by atoms with Crippen molar-refractivity contribution in [3.05, 3.63) is 0 Å². The van der Waals surface area contributed by atoms with Crippen LogP contribution in [0.3, 0.4) is 0 Å². The van der Waals surface area contributed by atoms with E-state index < -0.39 is 120 Å². The third-order valence-electron chi connectivity index (χ3n) is 17.6. The molecule has 0 amide bonds. The minimum Gasteiger partial charge on any atom is -0.463 e. The first-order valence-electron chi connectivity index (χ1n) is 22.1. The molecule has 59 heavy (non-hydrogen) atoms. The van der Waals surface area contributed by atoms with Crippen LogP contribution in [0.15, 0.2) is 0 Å². The molecule has 7 aliphatic rings. The lowest BCUT2D eigenvalue weighted by Crippen LogP contribution is -2.71. The SMILES string of the molecule is CC(=O)OC[C@H]1O[C@@H](O[C@H]2C[C@]3(C)[C@H](C[C@@H](O)[C@@H]4[C@@H](C5(C)CC[C@@H](C(C)(C)O)O5)CC[C@]43C)[C@@]3(C)CC[C@H](O)C(C)(C)[C@H]23)[C@H](O[C@@H]2O[C@@H](C)[C@H](O)[C@@H](O)[C@H]2O)[C@@H](O)[C@@H]1O. The van der Waals surface area contributed by atoms with Crippen molar-refractivity contribution in [2.45, 2.75) is 218 Å². The summed E-state index contributed by atoms with van der Waals surface area (Å²) in [6, 6.07) is 0. The lowest BCUT2D eigenvalue weighted by molar-refractivity contribution is -0.382. The molecule has 8 N–H and O–H groups in total. The Balaban J connectivity index is 1.27. The van der Waals surface area contributed by atoms with E-state index in [0.29, 0.717) is 25.7 Å². The fourth-order valence-electron chi connectivity index (χ4n) is 14.3. The smallest absolute Gasteiger partial charge is 0.302 e. The number of esters is 1. The Labute approximate surface area is 349 Å². The second-order valence-corrected chi connectivity index (χ2v) is 21.8. The highest BCUT2D eigenvalue weighted by Crippen LogP contribution is 2.76. The van der Waals surface area contributed by atoms with Gasteiger partial charge in [-0.3, -0.25) is 4.79 Å². The third kappa shape index (κ3) is 7.35.